The molecule has 0 bridgehead atoms. The van der Waals surface area contributed by atoms with Gasteiger partial charge in [0.1, 0.15) is 55.6 Å². The van der Waals surface area contributed by atoms with Crippen LogP contribution in [-0.4, -0.2) is 141 Å². The molecule has 238 valence electrons. The molecule has 3 aliphatic rings. The Kier molecular flexibility index (Phi) is 12.1. The summed E-state index contributed by atoms with van der Waals surface area (Å²) >= 11 is 0. The molecule has 3 aliphatic heterocycles. The van der Waals surface area contributed by atoms with Gasteiger partial charge in [-0.05, 0) is 25.0 Å². The highest BCUT2D eigenvalue weighted by Crippen LogP contribution is 2.27. The van der Waals surface area contributed by atoms with Crippen molar-refractivity contribution in [2.24, 2.45) is 0 Å². The molecule has 1 aromatic rings. The highest BCUT2D eigenvalue weighted by atomic mass is 16.7. The summed E-state index contributed by atoms with van der Waals surface area (Å²) in [5.74, 6) is -1.36. The summed E-state index contributed by atoms with van der Waals surface area (Å²) in [6.07, 6.45) is -11.9. The Hall–Kier alpha value is -2.22. The zero-order chi connectivity index (χ0) is 30.2. The minimum atomic E-state index is -1.61. The maximum absolute atomic E-state index is 12.8. The van der Waals surface area contributed by atoms with E-state index >= 15 is 0 Å². The molecule has 0 aromatic carbocycles. The maximum Gasteiger partial charge on any atom is 0.338 e. The van der Waals surface area contributed by atoms with E-state index in [0.29, 0.717) is 12.4 Å². The number of furan rings is 1. The van der Waals surface area contributed by atoms with E-state index in [1.165, 1.54) is 20.5 Å². The fourth-order valence-electron chi connectivity index (χ4n) is 4.84. The first-order chi connectivity index (χ1) is 20.2. The van der Waals surface area contributed by atoms with Crippen LogP contribution in [0.25, 0.3) is 0 Å². The first kappa shape index (κ1) is 32.7. The lowest BCUT2D eigenvalue weighted by atomic mass is 9.98. The van der Waals surface area contributed by atoms with Crippen LogP contribution in [0, 0.1) is 0 Å². The van der Waals surface area contributed by atoms with Crippen molar-refractivity contribution in [3.05, 3.63) is 24.2 Å². The summed E-state index contributed by atoms with van der Waals surface area (Å²) in [4.78, 5) is 25.5. The summed E-state index contributed by atoms with van der Waals surface area (Å²) in [6.45, 7) is -0.240. The molecule has 3 unspecified atom stereocenters. The predicted octanol–water partition coefficient (Wildman–Crippen LogP) is -2.00. The molecule has 1 aromatic heterocycles. The molecular formula is C26H38O16. The van der Waals surface area contributed by atoms with Crippen LogP contribution >= 0.6 is 0 Å². The SMILES string of the molecule is CO[C@@H]1OC(C(=O)OCC2CCCO2)[C@@H](OCCO[C@@H]2OC(C(=O)OCc3ccco3)[C@@H](OC)[C@H](O)[C@@H]2O)[C@H](O)[C@@H]1O. The molecule has 3 fully saturated rings. The fourth-order valence-corrected chi connectivity index (χ4v) is 4.84. The molecule has 4 N–H and O–H groups in total. The van der Waals surface area contributed by atoms with E-state index in [4.69, 9.17) is 47.0 Å². The lowest BCUT2D eigenvalue weighted by molar-refractivity contribution is -0.308. The number of methoxy groups -OCH3 is 2. The molecule has 16 heteroatoms. The molecule has 11 atom stereocenters. The van der Waals surface area contributed by atoms with Crippen molar-refractivity contribution >= 4 is 11.9 Å². The predicted molar refractivity (Wildman–Crippen MR) is 133 cm³/mol. The van der Waals surface area contributed by atoms with E-state index in [1.807, 2.05) is 0 Å². The first-order valence-electron chi connectivity index (χ1n) is 13.5. The van der Waals surface area contributed by atoms with Gasteiger partial charge in [-0.3, -0.25) is 0 Å². The molecular weight excluding hydrogens is 568 g/mol. The van der Waals surface area contributed by atoms with Gasteiger partial charge in [0.25, 0.3) is 0 Å². The quantitative estimate of drug-likeness (QED) is 0.141. The Morgan fingerprint density at radius 2 is 1.52 bits per heavy atom. The first-order valence-corrected chi connectivity index (χ1v) is 13.5. The highest BCUT2D eigenvalue weighted by Gasteiger charge is 2.51. The van der Waals surface area contributed by atoms with Crippen molar-refractivity contribution in [2.45, 2.75) is 87.0 Å². The fraction of sp³-hybridized carbons (Fsp3) is 0.769. The van der Waals surface area contributed by atoms with Crippen LogP contribution in [0.1, 0.15) is 18.6 Å². The molecule has 4 rings (SSSR count). The van der Waals surface area contributed by atoms with Crippen molar-refractivity contribution in [3.8, 4) is 0 Å². The van der Waals surface area contributed by atoms with Crippen LogP contribution in [0.4, 0.5) is 0 Å². The molecule has 0 aliphatic carbocycles. The number of carbonyl (C=O) groups excluding carboxylic acids is 2. The zero-order valence-electron chi connectivity index (χ0n) is 23.2. The Morgan fingerprint density at radius 1 is 0.857 bits per heavy atom. The van der Waals surface area contributed by atoms with Crippen molar-refractivity contribution in [2.75, 3.05) is 40.6 Å². The van der Waals surface area contributed by atoms with Gasteiger partial charge in [0.05, 0.1) is 25.6 Å². The summed E-state index contributed by atoms with van der Waals surface area (Å²) < 4.78 is 53.5. The van der Waals surface area contributed by atoms with Gasteiger partial charge < -0.3 is 67.5 Å². The smallest absolute Gasteiger partial charge is 0.338 e. The monoisotopic (exact) mass is 606 g/mol. The van der Waals surface area contributed by atoms with Crippen LogP contribution in [0.5, 0.6) is 0 Å². The standard InChI is InChI=1S/C26H38O16/c1-33-19-15(27)18(30)26(42-21(19)23(31)39-11-13-5-3-7-35-13)38-10-9-37-20-16(28)17(29)25(34-2)41-22(20)24(32)40-12-14-6-4-8-36-14/h3,5,7,14-22,25-30H,4,6,8-12H2,1-2H3/t14?,15-,16-,17+,18+,19+,20+,21?,22?,25-,26-/m1/s1. The molecule has 0 amide bonds. The number of hydrogen-bond donors (Lipinski definition) is 4. The Bertz CT molecular complexity index is 968. The van der Waals surface area contributed by atoms with Crippen LogP contribution in [0.2, 0.25) is 0 Å². The number of hydrogen-bond acceptors (Lipinski definition) is 16. The second-order valence-electron chi connectivity index (χ2n) is 9.91. The Balaban J connectivity index is 1.32. The molecule has 4 heterocycles. The van der Waals surface area contributed by atoms with E-state index in [1.54, 1.807) is 12.1 Å². The van der Waals surface area contributed by atoms with Crippen LogP contribution < -0.4 is 0 Å². The molecule has 0 spiro atoms. The summed E-state index contributed by atoms with van der Waals surface area (Å²) in [7, 11) is 2.47. The minimum Gasteiger partial charge on any atom is -0.466 e. The van der Waals surface area contributed by atoms with Gasteiger partial charge in [-0.25, -0.2) is 9.59 Å². The molecule has 42 heavy (non-hydrogen) atoms. The third-order valence-corrected chi connectivity index (χ3v) is 7.11. The van der Waals surface area contributed by atoms with Crippen molar-refractivity contribution in [1.29, 1.82) is 0 Å². The van der Waals surface area contributed by atoms with Gasteiger partial charge in [0.2, 0.25) is 0 Å². The van der Waals surface area contributed by atoms with Gasteiger partial charge in [-0.2, -0.15) is 0 Å². The highest BCUT2D eigenvalue weighted by molar-refractivity contribution is 5.76. The maximum atomic E-state index is 12.8. The third kappa shape index (κ3) is 7.83. The number of carbonyl (C=O) groups is 2. The topological polar surface area (TPSA) is 211 Å². The summed E-state index contributed by atoms with van der Waals surface area (Å²) in [6, 6.07) is 3.22. The number of rotatable bonds is 13. The number of aliphatic hydroxyl groups excluding tert-OH is 4. The van der Waals surface area contributed by atoms with E-state index in [9.17, 15) is 30.0 Å². The van der Waals surface area contributed by atoms with Gasteiger partial charge >= 0.3 is 11.9 Å². The van der Waals surface area contributed by atoms with Crippen molar-refractivity contribution in [1.82, 2.24) is 0 Å². The van der Waals surface area contributed by atoms with Gasteiger partial charge in [-0.15, -0.1) is 0 Å². The van der Waals surface area contributed by atoms with Gasteiger partial charge in [0.15, 0.2) is 24.8 Å². The molecule has 3 saturated heterocycles. The molecule has 0 saturated carbocycles. The normalized spacial score (nSPS) is 37.0. The van der Waals surface area contributed by atoms with Crippen molar-refractivity contribution < 1.29 is 77.1 Å². The average molecular weight is 607 g/mol. The van der Waals surface area contributed by atoms with E-state index in [0.717, 1.165) is 12.8 Å². The van der Waals surface area contributed by atoms with E-state index in [-0.39, 0.29) is 32.5 Å². The molecule has 0 radical (unpaired) electrons. The van der Waals surface area contributed by atoms with E-state index in [2.05, 4.69) is 0 Å². The Labute approximate surface area is 241 Å². The van der Waals surface area contributed by atoms with Crippen LogP contribution in [-0.2, 0) is 58.8 Å². The van der Waals surface area contributed by atoms with E-state index < -0.39 is 73.4 Å². The summed E-state index contributed by atoms with van der Waals surface area (Å²) in [5, 5.41) is 42.0. The van der Waals surface area contributed by atoms with Gasteiger partial charge in [-0.1, -0.05) is 0 Å². The van der Waals surface area contributed by atoms with Crippen LogP contribution in [0.3, 0.4) is 0 Å². The lowest BCUT2D eigenvalue weighted by Crippen LogP contribution is -2.62. The van der Waals surface area contributed by atoms with Crippen molar-refractivity contribution in [3.63, 3.8) is 0 Å². The second-order valence-corrected chi connectivity index (χ2v) is 9.91. The average Bonchev–Trinajstić information content (AvgIpc) is 3.71. The number of aliphatic hydroxyl groups is 4. The number of esters is 2. The molecule has 16 nitrogen and oxygen atoms in total. The Morgan fingerprint density at radius 3 is 2.19 bits per heavy atom. The summed E-state index contributed by atoms with van der Waals surface area (Å²) in [5.41, 5.74) is 0. The minimum absolute atomic E-state index is 0.0162. The largest absolute Gasteiger partial charge is 0.466 e. The lowest BCUT2D eigenvalue weighted by Gasteiger charge is -2.41. The van der Waals surface area contributed by atoms with Gasteiger partial charge in [0, 0.05) is 20.8 Å². The zero-order valence-corrected chi connectivity index (χ0v) is 23.2. The van der Waals surface area contributed by atoms with Crippen LogP contribution in [0.15, 0.2) is 22.8 Å². The number of ether oxygens (including phenoxy) is 9. The second kappa shape index (κ2) is 15.5. The third-order valence-electron chi connectivity index (χ3n) is 7.11.